The molecule has 2 unspecified atom stereocenters. The van der Waals surface area contributed by atoms with Crippen LogP contribution in [0.4, 0.5) is 0 Å². The highest BCUT2D eigenvalue weighted by Crippen LogP contribution is 2.14. The Kier molecular flexibility index (Phi) is 6.94. The SMILES string of the molecule is CCC(C)C(NC(=O)CCC(=O)c1cc(C)ccc1C)C(N)=O. The first-order valence-corrected chi connectivity index (χ1v) is 7.95. The molecule has 1 aromatic carbocycles. The van der Waals surface area contributed by atoms with Crippen LogP contribution in [0.15, 0.2) is 18.2 Å². The molecule has 0 saturated heterocycles. The van der Waals surface area contributed by atoms with Crippen molar-refractivity contribution >= 4 is 17.6 Å². The molecule has 0 fully saturated rings. The number of hydrogen-bond donors (Lipinski definition) is 2. The molecule has 0 radical (unpaired) electrons. The van der Waals surface area contributed by atoms with Crippen molar-refractivity contribution in [2.45, 2.75) is 53.0 Å². The monoisotopic (exact) mass is 318 g/mol. The Bertz CT molecular complexity index is 596. The zero-order valence-electron chi connectivity index (χ0n) is 14.3. The van der Waals surface area contributed by atoms with Gasteiger partial charge >= 0.3 is 0 Å². The summed E-state index contributed by atoms with van der Waals surface area (Å²) in [5.74, 6) is -0.979. The molecule has 0 saturated carbocycles. The highest BCUT2D eigenvalue weighted by Gasteiger charge is 2.23. The number of carbonyl (C=O) groups is 3. The van der Waals surface area contributed by atoms with Crippen molar-refractivity contribution in [2.24, 2.45) is 11.7 Å². The van der Waals surface area contributed by atoms with E-state index >= 15 is 0 Å². The Balaban J connectivity index is 2.63. The zero-order chi connectivity index (χ0) is 17.6. The number of benzene rings is 1. The Morgan fingerprint density at radius 2 is 1.83 bits per heavy atom. The summed E-state index contributed by atoms with van der Waals surface area (Å²) < 4.78 is 0. The van der Waals surface area contributed by atoms with Crippen molar-refractivity contribution in [3.63, 3.8) is 0 Å². The van der Waals surface area contributed by atoms with Gasteiger partial charge in [-0.15, -0.1) is 0 Å². The van der Waals surface area contributed by atoms with Crippen molar-refractivity contribution in [1.29, 1.82) is 0 Å². The minimum atomic E-state index is -0.691. The van der Waals surface area contributed by atoms with Crippen LogP contribution in [0.3, 0.4) is 0 Å². The highest BCUT2D eigenvalue weighted by molar-refractivity contribution is 5.99. The molecule has 5 nitrogen and oxygen atoms in total. The predicted molar refractivity (Wildman–Crippen MR) is 90.1 cm³/mol. The first-order chi connectivity index (χ1) is 10.8. The smallest absolute Gasteiger partial charge is 0.240 e. The number of carbonyl (C=O) groups excluding carboxylic acids is 3. The Hall–Kier alpha value is -2.17. The van der Waals surface area contributed by atoms with E-state index in [1.54, 1.807) is 0 Å². The summed E-state index contributed by atoms with van der Waals surface area (Å²) in [4.78, 5) is 35.7. The highest BCUT2D eigenvalue weighted by atomic mass is 16.2. The largest absolute Gasteiger partial charge is 0.368 e. The number of Topliss-reactive ketones (excluding diaryl/α,β-unsaturated/α-hetero) is 1. The molecule has 23 heavy (non-hydrogen) atoms. The number of nitrogens with one attached hydrogen (secondary N) is 1. The van der Waals surface area contributed by atoms with E-state index in [0.717, 1.165) is 17.5 Å². The number of aryl methyl sites for hydroxylation is 2. The maximum atomic E-state index is 12.3. The van der Waals surface area contributed by atoms with Gasteiger partial charge in [-0.25, -0.2) is 0 Å². The number of hydrogen-bond acceptors (Lipinski definition) is 3. The lowest BCUT2D eigenvalue weighted by Gasteiger charge is -2.21. The Labute approximate surface area is 137 Å². The molecule has 0 heterocycles. The summed E-state index contributed by atoms with van der Waals surface area (Å²) in [6.07, 6.45) is 0.893. The van der Waals surface area contributed by atoms with Gasteiger partial charge in [-0.05, 0) is 31.4 Å². The number of rotatable bonds is 8. The fourth-order valence-electron chi connectivity index (χ4n) is 2.37. The van der Waals surface area contributed by atoms with Gasteiger partial charge in [0.05, 0.1) is 0 Å². The topological polar surface area (TPSA) is 89.3 Å². The summed E-state index contributed by atoms with van der Waals surface area (Å²) in [5, 5.41) is 2.63. The average Bonchev–Trinajstić information content (AvgIpc) is 2.51. The van der Waals surface area contributed by atoms with Crippen LogP contribution in [-0.4, -0.2) is 23.6 Å². The van der Waals surface area contributed by atoms with Gasteiger partial charge in [0.1, 0.15) is 6.04 Å². The maximum absolute atomic E-state index is 12.3. The lowest BCUT2D eigenvalue weighted by Crippen LogP contribution is -2.48. The van der Waals surface area contributed by atoms with E-state index < -0.39 is 11.9 Å². The minimum Gasteiger partial charge on any atom is -0.368 e. The number of amides is 2. The third-order valence-electron chi connectivity index (χ3n) is 4.11. The summed E-state index contributed by atoms with van der Waals surface area (Å²) in [7, 11) is 0. The van der Waals surface area contributed by atoms with E-state index in [0.29, 0.717) is 5.56 Å². The molecule has 0 aromatic heterocycles. The van der Waals surface area contributed by atoms with Gasteiger partial charge in [0.25, 0.3) is 0 Å². The Morgan fingerprint density at radius 1 is 1.17 bits per heavy atom. The molecule has 0 aliphatic heterocycles. The molecule has 1 aromatic rings. The van der Waals surface area contributed by atoms with E-state index in [4.69, 9.17) is 5.73 Å². The predicted octanol–water partition coefficient (Wildman–Crippen LogP) is 2.28. The molecule has 0 aliphatic rings. The standard InChI is InChI=1S/C18H26N2O3/c1-5-12(3)17(18(19)23)20-16(22)9-8-15(21)14-10-11(2)6-7-13(14)4/h6-7,10,12,17H,5,8-9H2,1-4H3,(H2,19,23)(H,20,22). The molecule has 1 rings (SSSR count). The number of primary amides is 1. The number of nitrogens with two attached hydrogens (primary N) is 1. The van der Waals surface area contributed by atoms with Crippen LogP contribution in [0, 0.1) is 19.8 Å². The van der Waals surface area contributed by atoms with Crippen LogP contribution in [-0.2, 0) is 9.59 Å². The Morgan fingerprint density at radius 3 is 2.39 bits per heavy atom. The fourth-order valence-corrected chi connectivity index (χ4v) is 2.37. The van der Waals surface area contributed by atoms with Gasteiger partial charge < -0.3 is 11.1 Å². The van der Waals surface area contributed by atoms with Gasteiger partial charge in [-0.1, -0.05) is 38.0 Å². The van der Waals surface area contributed by atoms with Crippen molar-refractivity contribution < 1.29 is 14.4 Å². The van der Waals surface area contributed by atoms with Crippen molar-refractivity contribution in [3.05, 3.63) is 34.9 Å². The average molecular weight is 318 g/mol. The maximum Gasteiger partial charge on any atom is 0.240 e. The lowest BCUT2D eigenvalue weighted by molar-refractivity contribution is -0.128. The molecule has 126 valence electrons. The molecule has 3 N–H and O–H groups in total. The summed E-state index contributed by atoms with van der Waals surface area (Å²) in [5.41, 5.74) is 7.88. The van der Waals surface area contributed by atoms with Crippen LogP contribution in [0.2, 0.25) is 0 Å². The molecule has 0 bridgehead atoms. The van der Waals surface area contributed by atoms with Crippen LogP contribution < -0.4 is 11.1 Å². The first-order valence-electron chi connectivity index (χ1n) is 7.95. The molecular formula is C18H26N2O3. The van der Waals surface area contributed by atoms with Crippen molar-refractivity contribution in [3.8, 4) is 0 Å². The van der Waals surface area contributed by atoms with E-state index in [2.05, 4.69) is 5.32 Å². The fraction of sp³-hybridized carbons (Fsp3) is 0.500. The minimum absolute atomic E-state index is 0.0360. The molecule has 5 heteroatoms. The van der Waals surface area contributed by atoms with E-state index in [9.17, 15) is 14.4 Å². The summed E-state index contributed by atoms with van der Waals surface area (Å²) in [6.45, 7) is 7.58. The van der Waals surface area contributed by atoms with Crippen LogP contribution in [0.1, 0.15) is 54.6 Å². The van der Waals surface area contributed by atoms with Gasteiger partial charge in [-0.3, -0.25) is 14.4 Å². The summed E-state index contributed by atoms with van der Waals surface area (Å²) in [6, 6.07) is 4.99. The number of ketones is 1. The molecular weight excluding hydrogens is 292 g/mol. The van der Waals surface area contributed by atoms with Crippen molar-refractivity contribution in [2.75, 3.05) is 0 Å². The quantitative estimate of drug-likeness (QED) is 0.721. The molecule has 0 spiro atoms. The first kappa shape index (κ1) is 18.9. The molecule has 2 atom stereocenters. The van der Waals surface area contributed by atoms with E-state index in [-0.39, 0.29) is 30.4 Å². The van der Waals surface area contributed by atoms with Gasteiger partial charge in [0, 0.05) is 18.4 Å². The lowest BCUT2D eigenvalue weighted by atomic mass is 9.97. The third kappa shape index (κ3) is 5.51. The van der Waals surface area contributed by atoms with Crippen LogP contribution in [0.25, 0.3) is 0 Å². The van der Waals surface area contributed by atoms with Gasteiger partial charge in [0.2, 0.25) is 11.8 Å². The van der Waals surface area contributed by atoms with Gasteiger partial charge in [0.15, 0.2) is 5.78 Å². The second kappa shape index (κ2) is 8.46. The van der Waals surface area contributed by atoms with E-state index in [1.165, 1.54) is 0 Å². The second-order valence-corrected chi connectivity index (χ2v) is 6.07. The van der Waals surface area contributed by atoms with Crippen LogP contribution in [0.5, 0.6) is 0 Å². The zero-order valence-corrected chi connectivity index (χ0v) is 14.3. The summed E-state index contributed by atoms with van der Waals surface area (Å²) >= 11 is 0. The molecule has 2 amide bonds. The molecule has 0 aliphatic carbocycles. The normalized spacial score (nSPS) is 13.2. The van der Waals surface area contributed by atoms with E-state index in [1.807, 2.05) is 45.9 Å². The van der Waals surface area contributed by atoms with Crippen molar-refractivity contribution in [1.82, 2.24) is 5.32 Å². The van der Waals surface area contributed by atoms with Gasteiger partial charge in [-0.2, -0.15) is 0 Å². The second-order valence-electron chi connectivity index (χ2n) is 6.07. The third-order valence-corrected chi connectivity index (χ3v) is 4.11. The van der Waals surface area contributed by atoms with Crippen LogP contribution >= 0.6 is 0 Å².